The summed E-state index contributed by atoms with van der Waals surface area (Å²) in [5, 5.41) is 26.4. The predicted octanol–water partition coefficient (Wildman–Crippen LogP) is 0.507. The van der Waals surface area contributed by atoms with Crippen LogP contribution in [0.5, 0.6) is 0 Å². The average molecular weight is 376 g/mol. The molecule has 0 saturated carbocycles. The Morgan fingerprint density at radius 1 is 0.750 bits per heavy atom. The van der Waals surface area contributed by atoms with Crippen molar-refractivity contribution < 1.29 is 39.3 Å². The number of carboxylic acids is 2. The van der Waals surface area contributed by atoms with Gasteiger partial charge in [0.1, 0.15) is 0 Å². The van der Waals surface area contributed by atoms with E-state index in [4.69, 9.17) is 0 Å². The number of carboxylic acid groups (broad SMARTS) is 2. The standard InChI is InChI=1S/2C7H6O2.C3H4N2.Zn/c2*8-7(9)6-4-2-1-3-5-6;1-2-4-5-3-1;/h2*1-5H,(H,8,9);1-3H,(H,4,5);/q;;;+2/p-2. The summed E-state index contributed by atoms with van der Waals surface area (Å²) in [4.78, 5) is 20.2. The van der Waals surface area contributed by atoms with Crippen LogP contribution in [0.2, 0.25) is 0 Å². The normalized spacial score (nSPS) is 8.33. The molecule has 0 amide bonds. The van der Waals surface area contributed by atoms with Gasteiger partial charge in [-0.15, -0.1) is 0 Å². The van der Waals surface area contributed by atoms with Gasteiger partial charge in [-0.1, -0.05) is 60.7 Å². The van der Waals surface area contributed by atoms with Crippen LogP contribution in [0.25, 0.3) is 0 Å². The van der Waals surface area contributed by atoms with Crippen molar-refractivity contribution in [1.82, 2.24) is 10.2 Å². The van der Waals surface area contributed by atoms with E-state index >= 15 is 0 Å². The van der Waals surface area contributed by atoms with Crippen molar-refractivity contribution in [1.29, 1.82) is 0 Å². The SMILES string of the molecule is O=C([O-])c1ccccc1.O=C([O-])c1ccccc1.[Zn+2].c1cn[nH]c1. The summed E-state index contributed by atoms with van der Waals surface area (Å²) in [5.74, 6) is -2.26. The van der Waals surface area contributed by atoms with Crippen LogP contribution < -0.4 is 10.2 Å². The van der Waals surface area contributed by atoms with E-state index in [-0.39, 0.29) is 30.6 Å². The van der Waals surface area contributed by atoms with Crippen LogP contribution in [0, 0.1) is 0 Å². The quantitative estimate of drug-likeness (QED) is 0.656. The van der Waals surface area contributed by atoms with Crippen LogP contribution in [-0.4, -0.2) is 22.1 Å². The summed E-state index contributed by atoms with van der Waals surface area (Å²) < 4.78 is 0. The van der Waals surface area contributed by atoms with Gasteiger partial charge in [-0.3, -0.25) is 5.10 Å². The molecule has 0 radical (unpaired) electrons. The van der Waals surface area contributed by atoms with Crippen molar-refractivity contribution in [3.63, 3.8) is 0 Å². The molecule has 1 N–H and O–H groups in total. The molecule has 2 aromatic carbocycles. The summed E-state index contributed by atoms with van der Waals surface area (Å²) in [7, 11) is 0. The Kier molecular flexibility index (Phi) is 11.2. The van der Waals surface area contributed by atoms with Crippen LogP contribution in [-0.2, 0) is 19.5 Å². The molecule has 3 rings (SSSR count). The number of nitrogens with one attached hydrogen (secondary N) is 1. The first-order valence-electron chi connectivity index (χ1n) is 6.58. The minimum atomic E-state index is -1.13. The Labute approximate surface area is 151 Å². The van der Waals surface area contributed by atoms with Crippen LogP contribution in [0.1, 0.15) is 20.7 Å². The summed E-state index contributed by atoms with van der Waals surface area (Å²) in [6.07, 6.45) is 3.46. The topological polar surface area (TPSA) is 109 Å². The van der Waals surface area contributed by atoms with E-state index in [9.17, 15) is 19.8 Å². The zero-order valence-electron chi connectivity index (χ0n) is 12.8. The number of aromatic nitrogens is 2. The summed E-state index contributed by atoms with van der Waals surface area (Å²) in [6.45, 7) is 0. The molecule has 0 bridgehead atoms. The molecule has 0 spiro atoms. The summed E-state index contributed by atoms with van der Waals surface area (Å²) in [5.41, 5.74) is 0.440. The molecule has 0 saturated heterocycles. The number of nitrogens with zero attached hydrogens (tertiary/aromatic N) is 1. The van der Waals surface area contributed by atoms with Gasteiger partial charge in [0, 0.05) is 12.4 Å². The molecule has 1 heterocycles. The van der Waals surface area contributed by atoms with Crippen molar-refractivity contribution in [2.75, 3.05) is 0 Å². The summed E-state index contributed by atoms with van der Waals surface area (Å²) in [6, 6.07) is 18.0. The number of H-pyrrole nitrogens is 1. The molecule has 3 aromatic rings. The molecule has 0 atom stereocenters. The van der Waals surface area contributed by atoms with Crippen LogP contribution in [0.15, 0.2) is 79.1 Å². The molecule has 24 heavy (non-hydrogen) atoms. The molecule has 0 aliphatic heterocycles. The first kappa shape index (κ1) is 21.2. The predicted molar refractivity (Wildman–Crippen MR) is 80.1 cm³/mol. The van der Waals surface area contributed by atoms with Crippen molar-refractivity contribution in [3.05, 3.63) is 90.3 Å². The Balaban J connectivity index is 0.000000337. The zero-order chi connectivity index (χ0) is 16.9. The van der Waals surface area contributed by atoms with Crippen molar-refractivity contribution in [2.24, 2.45) is 0 Å². The summed E-state index contributed by atoms with van der Waals surface area (Å²) >= 11 is 0. The van der Waals surface area contributed by atoms with Gasteiger partial charge in [-0.25, -0.2) is 0 Å². The number of benzene rings is 2. The minimum Gasteiger partial charge on any atom is -0.545 e. The average Bonchev–Trinajstić information content (AvgIpc) is 3.17. The van der Waals surface area contributed by atoms with Gasteiger partial charge in [-0.05, 0) is 17.2 Å². The number of aromatic carboxylic acids is 2. The zero-order valence-corrected chi connectivity index (χ0v) is 15.8. The first-order chi connectivity index (χ1) is 11.1. The van der Waals surface area contributed by atoms with Crippen molar-refractivity contribution >= 4 is 11.9 Å². The number of rotatable bonds is 2. The van der Waals surface area contributed by atoms with Crippen LogP contribution >= 0.6 is 0 Å². The van der Waals surface area contributed by atoms with E-state index in [1.807, 2.05) is 6.07 Å². The van der Waals surface area contributed by atoms with E-state index in [1.54, 1.807) is 48.8 Å². The van der Waals surface area contributed by atoms with Crippen molar-refractivity contribution in [2.45, 2.75) is 0 Å². The van der Waals surface area contributed by atoms with Gasteiger partial charge in [0.2, 0.25) is 0 Å². The largest absolute Gasteiger partial charge is 2.00 e. The van der Waals surface area contributed by atoms with E-state index in [2.05, 4.69) is 10.2 Å². The fourth-order valence-electron chi connectivity index (χ4n) is 1.36. The third kappa shape index (κ3) is 9.28. The number of carbonyl (C=O) groups excluding carboxylic acids is 2. The second kappa shape index (κ2) is 12.7. The Morgan fingerprint density at radius 2 is 1.17 bits per heavy atom. The number of hydrogen-bond donors (Lipinski definition) is 1. The maximum Gasteiger partial charge on any atom is 2.00 e. The van der Waals surface area contributed by atoms with Crippen LogP contribution in [0.4, 0.5) is 0 Å². The second-order valence-electron chi connectivity index (χ2n) is 4.07. The van der Waals surface area contributed by atoms with Gasteiger partial charge in [0.25, 0.3) is 0 Å². The van der Waals surface area contributed by atoms with Gasteiger partial charge < -0.3 is 19.8 Å². The van der Waals surface area contributed by atoms with E-state index in [1.165, 1.54) is 24.3 Å². The fraction of sp³-hybridized carbons (Fsp3) is 0. The molecule has 0 aliphatic carbocycles. The van der Waals surface area contributed by atoms with Gasteiger partial charge in [-0.2, -0.15) is 5.10 Å². The molecule has 0 unspecified atom stereocenters. The van der Waals surface area contributed by atoms with E-state index in [0.717, 1.165) is 0 Å². The number of hydrogen-bond acceptors (Lipinski definition) is 5. The molecular weight excluding hydrogens is 362 g/mol. The molecule has 118 valence electrons. The maximum absolute atomic E-state index is 10.1. The molecule has 7 heteroatoms. The molecular formula is C17H14N2O4Zn. The molecule has 1 aromatic heterocycles. The Morgan fingerprint density at radius 3 is 1.33 bits per heavy atom. The molecule has 0 aliphatic rings. The number of aromatic amines is 1. The van der Waals surface area contributed by atoms with Gasteiger partial charge >= 0.3 is 19.5 Å². The number of carbonyl (C=O) groups is 2. The van der Waals surface area contributed by atoms with Gasteiger partial charge in [0.05, 0.1) is 11.9 Å². The molecule has 6 nitrogen and oxygen atoms in total. The fourth-order valence-corrected chi connectivity index (χ4v) is 1.36. The Bertz CT molecular complexity index is 622. The monoisotopic (exact) mass is 374 g/mol. The molecule has 0 fully saturated rings. The van der Waals surface area contributed by atoms with E-state index < -0.39 is 11.9 Å². The van der Waals surface area contributed by atoms with Crippen LogP contribution in [0.3, 0.4) is 0 Å². The smallest absolute Gasteiger partial charge is 0.545 e. The van der Waals surface area contributed by atoms with Crippen molar-refractivity contribution in [3.8, 4) is 0 Å². The third-order valence-electron chi connectivity index (χ3n) is 2.42. The second-order valence-corrected chi connectivity index (χ2v) is 4.07. The van der Waals surface area contributed by atoms with E-state index in [0.29, 0.717) is 0 Å². The minimum absolute atomic E-state index is 0. The first-order valence-corrected chi connectivity index (χ1v) is 6.58. The third-order valence-corrected chi connectivity index (χ3v) is 2.42. The maximum atomic E-state index is 10.1. The van der Waals surface area contributed by atoms with Gasteiger partial charge in [0.15, 0.2) is 0 Å². The Hall–Kier alpha value is -2.79.